The summed E-state index contributed by atoms with van der Waals surface area (Å²) < 4.78 is 13.3. The molecule has 2 atom stereocenters. The molecular formula is C12H21FN2O. The minimum absolute atomic E-state index is 0.0214. The van der Waals surface area contributed by atoms with Crippen molar-refractivity contribution in [2.24, 2.45) is 0 Å². The van der Waals surface area contributed by atoms with Crippen LogP contribution < -0.4 is 5.32 Å². The summed E-state index contributed by atoms with van der Waals surface area (Å²) in [5.74, 6) is 0. The van der Waals surface area contributed by atoms with E-state index in [4.69, 9.17) is 0 Å². The lowest BCUT2D eigenvalue weighted by atomic mass is 10.0. The number of hydrogen-bond acceptors (Lipinski definition) is 1. The second kappa shape index (κ2) is 3.90. The van der Waals surface area contributed by atoms with E-state index in [1.165, 1.54) is 0 Å². The Hall–Kier alpha value is -0.800. The summed E-state index contributed by atoms with van der Waals surface area (Å²) in [6, 6.07) is 0.221. The summed E-state index contributed by atoms with van der Waals surface area (Å²) >= 11 is 0. The second-order valence-electron chi connectivity index (χ2n) is 6.04. The molecule has 3 nitrogen and oxygen atoms in total. The van der Waals surface area contributed by atoms with Crippen LogP contribution in [0.5, 0.6) is 0 Å². The SMILES string of the molecule is CC(C)(C)NC(=O)N1C2CCC1CC(F)C2. The molecule has 0 aromatic heterocycles. The van der Waals surface area contributed by atoms with E-state index in [1.54, 1.807) is 0 Å². The first-order valence-electron chi connectivity index (χ1n) is 6.11. The Bertz CT molecular complexity index is 273. The molecule has 4 heteroatoms. The summed E-state index contributed by atoms with van der Waals surface area (Å²) in [4.78, 5) is 13.9. The third-order valence-corrected chi connectivity index (χ3v) is 3.39. The molecule has 16 heavy (non-hydrogen) atoms. The highest BCUT2D eigenvalue weighted by Crippen LogP contribution is 2.36. The minimum atomic E-state index is -0.712. The summed E-state index contributed by atoms with van der Waals surface area (Å²) in [6.45, 7) is 5.90. The van der Waals surface area contributed by atoms with Gasteiger partial charge in [0.05, 0.1) is 0 Å². The van der Waals surface area contributed by atoms with Crippen molar-refractivity contribution in [2.45, 2.75) is 70.2 Å². The highest BCUT2D eigenvalue weighted by atomic mass is 19.1. The number of alkyl halides is 1. The molecular weight excluding hydrogens is 207 g/mol. The van der Waals surface area contributed by atoms with E-state index < -0.39 is 6.17 Å². The highest BCUT2D eigenvalue weighted by Gasteiger charge is 2.43. The molecule has 0 aromatic rings. The number of amides is 2. The number of carbonyl (C=O) groups is 1. The highest BCUT2D eigenvalue weighted by molar-refractivity contribution is 5.76. The topological polar surface area (TPSA) is 32.3 Å². The predicted molar refractivity (Wildman–Crippen MR) is 61.1 cm³/mol. The quantitative estimate of drug-likeness (QED) is 0.678. The first-order valence-corrected chi connectivity index (χ1v) is 6.11. The molecule has 2 rings (SSSR count). The number of rotatable bonds is 0. The number of fused-ring (bicyclic) bond motifs is 2. The van der Waals surface area contributed by atoms with Gasteiger partial charge in [-0.15, -0.1) is 0 Å². The van der Waals surface area contributed by atoms with Gasteiger partial charge in [0, 0.05) is 17.6 Å². The molecule has 2 bridgehead atoms. The average molecular weight is 228 g/mol. The van der Waals surface area contributed by atoms with E-state index in [9.17, 15) is 9.18 Å². The lowest BCUT2D eigenvalue weighted by molar-refractivity contribution is 0.0993. The maximum absolute atomic E-state index is 13.3. The molecule has 0 spiro atoms. The number of piperidine rings is 1. The molecule has 0 radical (unpaired) electrons. The van der Waals surface area contributed by atoms with Crippen LogP contribution in [0.4, 0.5) is 9.18 Å². The Morgan fingerprint density at radius 2 is 1.75 bits per heavy atom. The Kier molecular flexibility index (Phi) is 2.84. The number of hydrogen-bond donors (Lipinski definition) is 1. The molecule has 2 aliphatic rings. The molecule has 1 N–H and O–H groups in total. The molecule has 2 amide bonds. The molecule has 92 valence electrons. The van der Waals surface area contributed by atoms with Crippen molar-refractivity contribution in [3.05, 3.63) is 0 Å². The van der Waals surface area contributed by atoms with E-state index in [-0.39, 0.29) is 23.7 Å². The molecule has 2 saturated heterocycles. The first-order chi connectivity index (χ1) is 7.37. The Labute approximate surface area is 96.4 Å². The van der Waals surface area contributed by atoms with Gasteiger partial charge in [0.1, 0.15) is 6.17 Å². The normalized spacial score (nSPS) is 34.0. The lowest BCUT2D eigenvalue weighted by Crippen LogP contribution is -2.55. The van der Waals surface area contributed by atoms with E-state index in [0.717, 1.165) is 12.8 Å². The zero-order valence-corrected chi connectivity index (χ0v) is 10.3. The van der Waals surface area contributed by atoms with E-state index in [0.29, 0.717) is 12.8 Å². The van der Waals surface area contributed by atoms with Crippen LogP contribution >= 0.6 is 0 Å². The second-order valence-corrected chi connectivity index (χ2v) is 6.04. The van der Waals surface area contributed by atoms with Crippen LogP contribution in [-0.2, 0) is 0 Å². The van der Waals surface area contributed by atoms with Gasteiger partial charge in [-0.25, -0.2) is 9.18 Å². The standard InChI is InChI=1S/C12H21FN2O/c1-12(2,3)14-11(16)15-9-4-5-10(15)7-8(13)6-9/h8-10H,4-7H2,1-3H3,(H,14,16). The predicted octanol–water partition coefficient (Wildman–Crippen LogP) is 2.46. The number of nitrogens with one attached hydrogen (secondary N) is 1. The zero-order valence-electron chi connectivity index (χ0n) is 10.3. The van der Waals surface area contributed by atoms with Gasteiger partial charge in [0.15, 0.2) is 0 Å². The van der Waals surface area contributed by atoms with Crippen molar-refractivity contribution >= 4 is 6.03 Å². The fraction of sp³-hybridized carbons (Fsp3) is 0.917. The van der Waals surface area contributed by atoms with Gasteiger partial charge in [-0.2, -0.15) is 0 Å². The van der Waals surface area contributed by atoms with Crippen molar-refractivity contribution in [3.63, 3.8) is 0 Å². The van der Waals surface area contributed by atoms with Crippen molar-refractivity contribution in [1.29, 1.82) is 0 Å². The molecule has 0 aliphatic carbocycles. The fourth-order valence-electron chi connectivity index (χ4n) is 2.83. The van der Waals surface area contributed by atoms with Crippen molar-refractivity contribution in [2.75, 3.05) is 0 Å². The molecule has 2 unspecified atom stereocenters. The molecule has 0 saturated carbocycles. The van der Waals surface area contributed by atoms with Gasteiger partial charge in [-0.05, 0) is 46.5 Å². The summed E-state index contributed by atoms with van der Waals surface area (Å²) in [6.07, 6.45) is 2.25. The molecule has 2 fully saturated rings. The molecule has 2 heterocycles. The van der Waals surface area contributed by atoms with Crippen molar-refractivity contribution in [1.82, 2.24) is 10.2 Å². The average Bonchev–Trinajstić information content (AvgIpc) is 2.36. The van der Waals surface area contributed by atoms with Crippen LogP contribution in [0.25, 0.3) is 0 Å². The van der Waals surface area contributed by atoms with E-state index in [2.05, 4.69) is 5.32 Å². The monoisotopic (exact) mass is 228 g/mol. The Morgan fingerprint density at radius 1 is 1.25 bits per heavy atom. The van der Waals surface area contributed by atoms with Crippen molar-refractivity contribution in [3.8, 4) is 0 Å². The van der Waals surface area contributed by atoms with Crippen LogP contribution in [0.3, 0.4) is 0 Å². The summed E-state index contributed by atoms with van der Waals surface area (Å²) in [5, 5.41) is 2.97. The maximum Gasteiger partial charge on any atom is 0.318 e. The number of nitrogens with zero attached hydrogens (tertiary/aromatic N) is 1. The third kappa shape index (κ3) is 2.30. The number of urea groups is 1. The summed E-state index contributed by atoms with van der Waals surface area (Å²) in [7, 11) is 0. The fourth-order valence-corrected chi connectivity index (χ4v) is 2.83. The first kappa shape index (κ1) is 11.7. The van der Waals surface area contributed by atoms with Crippen LogP contribution in [0.15, 0.2) is 0 Å². The lowest BCUT2D eigenvalue weighted by Gasteiger charge is -2.38. The van der Waals surface area contributed by atoms with Gasteiger partial charge in [0.25, 0.3) is 0 Å². The zero-order chi connectivity index (χ0) is 11.9. The molecule has 2 aliphatic heterocycles. The van der Waals surface area contributed by atoms with Crippen LogP contribution in [0, 0.1) is 0 Å². The van der Waals surface area contributed by atoms with Crippen LogP contribution in [0.1, 0.15) is 46.5 Å². The number of halogens is 1. The van der Waals surface area contributed by atoms with E-state index >= 15 is 0 Å². The summed E-state index contributed by atoms with van der Waals surface area (Å²) in [5.41, 5.74) is -0.219. The van der Waals surface area contributed by atoms with Crippen LogP contribution in [0.2, 0.25) is 0 Å². The van der Waals surface area contributed by atoms with Gasteiger partial charge in [0.2, 0.25) is 0 Å². The number of carbonyl (C=O) groups excluding carboxylic acids is 1. The van der Waals surface area contributed by atoms with Gasteiger partial charge in [-0.3, -0.25) is 0 Å². The third-order valence-electron chi connectivity index (χ3n) is 3.39. The smallest absolute Gasteiger partial charge is 0.318 e. The van der Waals surface area contributed by atoms with Gasteiger partial charge < -0.3 is 10.2 Å². The van der Waals surface area contributed by atoms with Gasteiger partial charge in [-0.1, -0.05) is 0 Å². The Morgan fingerprint density at radius 3 is 2.19 bits per heavy atom. The van der Waals surface area contributed by atoms with Gasteiger partial charge >= 0.3 is 6.03 Å². The van der Waals surface area contributed by atoms with Crippen molar-refractivity contribution < 1.29 is 9.18 Å². The maximum atomic E-state index is 13.3. The largest absolute Gasteiger partial charge is 0.333 e. The minimum Gasteiger partial charge on any atom is -0.333 e. The van der Waals surface area contributed by atoms with E-state index in [1.807, 2.05) is 25.7 Å². The Balaban J connectivity index is 2.03. The van der Waals surface area contributed by atoms with Crippen LogP contribution in [-0.4, -0.2) is 34.7 Å². The molecule has 0 aromatic carbocycles.